The lowest BCUT2D eigenvalue weighted by atomic mass is 9.96. The van der Waals surface area contributed by atoms with Gasteiger partial charge in [0.15, 0.2) is 0 Å². The van der Waals surface area contributed by atoms with Crippen LogP contribution in [-0.4, -0.2) is 22.9 Å². The Balaban J connectivity index is 1.95. The number of nitrogens with zero attached hydrogens (tertiary/aromatic N) is 1. The van der Waals surface area contributed by atoms with E-state index in [0.29, 0.717) is 6.61 Å². The molecule has 0 radical (unpaired) electrons. The third kappa shape index (κ3) is 4.56. The van der Waals surface area contributed by atoms with E-state index in [0.717, 1.165) is 25.1 Å². The molecule has 0 N–H and O–H groups in total. The highest BCUT2D eigenvalue weighted by molar-refractivity contribution is 8.08. The minimum Gasteiger partial charge on any atom is -0.463 e. The Kier molecular flexibility index (Phi) is 6.62. The van der Waals surface area contributed by atoms with E-state index >= 15 is 0 Å². The summed E-state index contributed by atoms with van der Waals surface area (Å²) < 4.78 is 7.47. The standard InChI is InChI=1S/C23H27NO2S/c1-4-26-22(25)14-12-19-11-13-21-20(23(19)27-5-2)15-17(3)24(21)16-18-9-7-6-8-10-18/h6-10,12,14-15H,4-5,11,13,16H2,1-3H3/b14-12+. The Morgan fingerprint density at radius 1 is 1.22 bits per heavy atom. The van der Waals surface area contributed by atoms with Gasteiger partial charge >= 0.3 is 5.97 Å². The number of carbonyl (C=O) groups excluding carboxylic acids is 1. The van der Waals surface area contributed by atoms with Crippen LogP contribution in [0.25, 0.3) is 4.91 Å². The van der Waals surface area contributed by atoms with Gasteiger partial charge in [0.1, 0.15) is 0 Å². The third-order valence-corrected chi connectivity index (χ3v) is 5.82. The first-order valence-electron chi connectivity index (χ1n) is 9.58. The zero-order valence-electron chi connectivity index (χ0n) is 16.3. The first-order chi connectivity index (χ1) is 13.1. The van der Waals surface area contributed by atoms with E-state index < -0.39 is 0 Å². The molecule has 1 aromatic heterocycles. The number of carbonyl (C=O) groups is 1. The third-order valence-electron chi connectivity index (χ3n) is 4.76. The maximum absolute atomic E-state index is 11.7. The van der Waals surface area contributed by atoms with Gasteiger partial charge in [0.25, 0.3) is 0 Å². The number of aryl methyl sites for hydroxylation is 1. The van der Waals surface area contributed by atoms with Crippen molar-refractivity contribution < 1.29 is 9.53 Å². The second kappa shape index (κ2) is 9.14. The van der Waals surface area contributed by atoms with E-state index in [1.807, 2.05) is 24.8 Å². The molecule has 4 heteroatoms. The summed E-state index contributed by atoms with van der Waals surface area (Å²) in [6, 6.07) is 12.9. The molecule has 0 aliphatic heterocycles. The van der Waals surface area contributed by atoms with Gasteiger partial charge in [0.05, 0.1) is 6.61 Å². The number of aromatic nitrogens is 1. The number of fused-ring (bicyclic) bond motifs is 1. The number of thioether (sulfide) groups is 1. The summed E-state index contributed by atoms with van der Waals surface area (Å²) in [5.41, 5.74) is 6.57. The summed E-state index contributed by atoms with van der Waals surface area (Å²) >= 11 is 1.86. The van der Waals surface area contributed by atoms with E-state index in [4.69, 9.17) is 4.74 Å². The number of rotatable bonds is 7. The molecule has 3 nitrogen and oxygen atoms in total. The predicted molar refractivity (Wildman–Crippen MR) is 114 cm³/mol. The SMILES string of the molecule is CCOC(=O)/C=C/C1=C(SCC)c2cc(C)n(Cc3ccccc3)c2CC1. The Labute approximate surface area is 166 Å². The number of hydrogen-bond donors (Lipinski definition) is 0. The van der Waals surface area contributed by atoms with Gasteiger partial charge < -0.3 is 9.30 Å². The van der Waals surface area contributed by atoms with Crippen molar-refractivity contribution in [3.8, 4) is 0 Å². The normalized spacial score (nSPS) is 13.9. The number of allylic oxidation sites excluding steroid dienone is 2. The van der Waals surface area contributed by atoms with Gasteiger partial charge in [-0.05, 0) is 49.6 Å². The highest BCUT2D eigenvalue weighted by atomic mass is 32.2. The average Bonchev–Trinajstić information content (AvgIpc) is 2.98. The summed E-state index contributed by atoms with van der Waals surface area (Å²) in [6.07, 6.45) is 5.45. The minimum atomic E-state index is -0.269. The Morgan fingerprint density at radius 2 is 2.00 bits per heavy atom. The quantitative estimate of drug-likeness (QED) is 0.477. The van der Waals surface area contributed by atoms with Crippen molar-refractivity contribution in [3.05, 3.63) is 76.6 Å². The fraction of sp³-hybridized carbons (Fsp3) is 0.348. The average molecular weight is 382 g/mol. The molecule has 0 unspecified atom stereocenters. The molecule has 0 bridgehead atoms. The van der Waals surface area contributed by atoms with Crippen molar-refractivity contribution >= 4 is 22.6 Å². The molecule has 1 heterocycles. The summed E-state index contributed by atoms with van der Waals surface area (Å²) in [7, 11) is 0. The van der Waals surface area contributed by atoms with Crippen molar-refractivity contribution in [1.29, 1.82) is 0 Å². The maximum Gasteiger partial charge on any atom is 0.330 e. The van der Waals surface area contributed by atoms with E-state index in [-0.39, 0.29) is 5.97 Å². The summed E-state index contributed by atoms with van der Waals surface area (Å²) in [5.74, 6) is 0.739. The molecular weight excluding hydrogens is 354 g/mol. The molecule has 0 atom stereocenters. The minimum absolute atomic E-state index is 0.269. The summed E-state index contributed by atoms with van der Waals surface area (Å²) in [5, 5.41) is 0. The van der Waals surface area contributed by atoms with Gasteiger partial charge in [-0.1, -0.05) is 43.3 Å². The van der Waals surface area contributed by atoms with Crippen LogP contribution in [0.15, 0.2) is 54.1 Å². The van der Waals surface area contributed by atoms with Crippen LogP contribution < -0.4 is 0 Å². The molecule has 0 fully saturated rings. The van der Waals surface area contributed by atoms with Crippen LogP contribution in [0.5, 0.6) is 0 Å². The summed E-state index contributed by atoms with van der Waals surface area (Å²) in [6.45, 7) is 7.50. The molecule has 0 spiro atoms. The lowest BCUT2D eigenvalue weighted by Crippen LogP contribution is -2.10. The van der Waals surface area contributed by atoms with Crippen molar-refractivity contribution in [3.63, 3.8) is 0 Å². The van der Waals surface area contributed by atoms with Gasteiger partial charge in [-0.3, -0.25) is 0 Å². The van der Waals surface area contributed by atoms with Crippen LogP contribution in [0.3, 0.4) is 0 Å². The van der Waals surface area contributed by atoms with Gasteiger partial charge in [0, 0.05) is 34.5 Å². The molecule has 2 aromatic rings. The van der Waals surface area contributed by atoms with E-state index in [9.17, 15) is 4.79 Å². The maximum atomic E-state index is 11.7. The predicted octanol–water partition coefficient (Wildman–Crippen LogP) is 5.37. The second-order valence-corrected chi connectivity index (χ2v) is 7.86. The molecule has 3 rings (SSSR count). The van der Waals surface area contributed by atoms with Crippen LogP contribution in [0, 0.1) is 6.92 Å². The number of benzene rings is 1. The Hall–Kier alpha value is -2.20. The van der Waals surface area contributed by atoms with Gasteiger partial charge in [-0.2, -0.15) is 0 Å². The molecule has 27 heavy (non-hydrogen) atoms. The van der Waals surface area contributed by atoms with Gasteiger partial charge in [-0.25, -0.2) is 4.79 Å². The molecule has 0 saturated carbocycles. The molecule has 0 saturated heterocycles. The molecule has 1 aromatic carbocycles. The smallest absolute Gasteiger partial charge is 0.330 e. The lowest BCUT2D eigenvalue weighted by Gasteiger charge is -2.21. The molecular formula is C23H27NO2S. The van der Waals surface area contributed by atoms with Gasteiger partial charge in [-0.15, -0.1) is 11.8 Å². The highest BCUT2D eigenvalue weighted by Gasteiger charge is 2.23. The summed E-state index contributed by atoms with van der Waals surface area (Å²) in [4.78, 5) is 13.0. The number of esters is 1. The Morgan fingerprint density at radius 3 is 2.70 bits per heavy atom. The molecule has 142 valence electrons. The fourth-order valence-corrected chi connectivity index (χ4v) is 4.53. The van der Waals surface area contributed by atoms with Crippen LogP contribution in [0.1, 0.15) is 42.8 Å². The van der Waals surface area contributed by atoms with Crippen LogP contribution in [0.2, 0.25) is 0 Å². The van der Waals surface area contributed by atoms with E-state index in [1.54, 1.807) is 6.08 Å². The monoisotopic (exact) mass is 381 g/mol. The van der Waals surface area contributed by atoms with E-state index in [1.165, 1.54) is 33.0 Å². The molecule has 1 aliphatic carbocycles. The topological polar surface area (TPSA) is 31.2 Å². The first kappa shape index (κ1) is 19.6. The zero-order chi connectivity index (χ0) is 19.2. The van der Waals surface area contributed by atoms with E-state index in [2.05, 4.69) is 54.8 Å². The number of hydrogen-bond acceptors (Lipinski definition) is 3. The second-order valence-electron chi connectivity index (χ2n) is 6.59. The van der Waals surface area contributed by atoms with Crippen molar-refractivity contribution in [2.24, 2.45) is 0 Å². The molecule has 1 aliphatic rings. The van der Waals surface area contributed by atoms with Crippen LogP contribution in [0.4, 0.5) is 0 Å². The first-order valence-corrected chi connectivity index (χ1v) is 10.6. The largest absolute Gasteiger partial charge is 0.463 e. The van der Waals surface area contributed by atoms with Crippen LogP contribution in [-0.2, 0) is 22.5 Å². The Bertz CT molecular complexity index is 862. The number of ether oxygens (including phenoxy) is 1. The van der Waals surface area contributed by atoms with Crippen molar-refractivity contribution in [2.45, 2.75) is 40.2 Å². The van der Waals surface area contributed by atoms with Crippen LogP contribution >= 0.6 is 11.8 Å². The van der Waals surface area contributed by atoms with Crippen molar-refractivity contribution in [2.75, 3.05) is 12.4 Å². The zero-order valence-corrected chi connectivity index (χ0v) is 17.1. The highest BCUT2D eigenvalue weighted by Crippen LogP contribution is 2.41. The fourth-order valence-electron chi connectivity index (χ4n) is 3.55. The molecule has 0 amide bonds. The van der Waals surface area contributed by atoms with Gasteiger partial charge in [0.2, 0.25) is 0 Å². The lowest BCUT2D eigenvalue weighted by molar-refractivity contribution is -0.137. The van der Waals surface area contributed by atoms with Crippen molar-refractivity contribution in [1.82, 2.24) is 4.57 Å².